The quantitative estimate of drug-likeness (QED) is 0.682. The predicted molar refractivity (Wildman–Crippen MR) is 57.3 cm³/mol. The highest BCUT2D eigenvalue weighted by Gasteiger charge is 2.04. The number of rotatable bonds is 5. The molecule has 0 fully saturated rings. The van der Waals surface area contributed by atoms with Gasteiger partial charge in [-0.3, -0.25) is 5.10 Å². The first-order chi connectivity index (χ1) is 7.36. The molecule has 0 saturated carbocycles. The minimum absolute atomic E-state index is 0.301. The standard InChI is InChI=1S/C10H15N5/c1-8(10-3-5-14-15-10)12-4-2-9-6-11-7-13-9/h3,5-8,12H,2,4H2,1H3,(H,11,13)(H,14,15). The smallest absolute Gasteiger partial charge is 0.0921 e. The molecule has 1 atom stereocenters. The SMILES string of the molecule is CC(NCCc1cnc[nH]1)c1ccn[nH]1. The summed E-state index contributed by atoms with van der Waals surface area (Å²) in [5.74, 6) is 0. The maximum atomic E-state index is 3.97. The minimum Gasteiger partial charge on any atom is -0.348 e. The van der Waals surface area contributed by atoms with Crippen molar-refractivity contribution < 1.29 is 0 Å². The Kier molecular flexibility index (Phi) is 3.14. The maximum Gasteiger partial charge on any atom is 0.0921 e. The molecule has 1 unspecified atom stereocenters. The van der Waals surface area contributed by atoms with E-state index in [4.69, 9.17) is 0 Å². The molecule has 5 heteroatoms. The third kappa shape index (κ3) is 2.66. The van der Waals surface area contributed by atoms with E-state index in [9.17, 15) is 0 Å². The molecule has 2 aromatic heterocycles. The van der Waals surface area contributed by atoms with Gasteiger partial charge in [-0.15, -0.1) is 0 Å². The van der Waals surface area contributed by atoms with Crippen LogP contribution >= 0.6 is 0 Å². The third-order valence-corrected chi connectivity index (χ3v) is 2.39. The van der Waals surface area contributed by atoms with Crippen LogP contribution in [0.5, 0.6) is 0 Å². The number of H-pyrrole nitrogens is 2. The summed E-state index contributed by atoms with van der Waals surface area (Å²) >= 11 is 0. The monoisotopic (exact) mass is 205 g/mol. The van der Waals surface area contributed by atoms with Gasteiger partial charge in [0.25, 0.3) is 0 Å². The van der Waals surface area contributed by atoms with Crippen molar-refractivity contribution in [3.63, 3.8) is 0 Å². The van der Waals surface area contributed by atoms with Crippen LogP contribution in [0, 0.1) is 0 Å². The Morgan fingerprint density at radius 1 is 1.53 bits per heavy atom. The summed E-state index contributed by atoms with van der Waals surface area (Å²) in [5, 5.41) is 10.3. The second kappa shape index (κ2) is 4.75. The Balaban J connectivity index is 1.74. The van der Waals surface area contributed by atoms with E-state index in [0.29, 0.717) is 6.04 Å². The Labute approximate surface area is 88.3 Å². The van der Waals surface area contributed by atoms with Crippen molar-refractivity contribution in [1.29, 1.82) is 0 Å². The number of imidazole rings is 1. The van der Waals surface area contributed by atoms with Crippen LogP contribution < -0.4 is 5.32 Å². The van der Waals surface area contributed by atoms with Crippen LogP contribution in [-0.4, -0.2) is 26.7 Å². The van der Waals surface area contributed by atoms with E-state index in [1.54, 1.807) is 12.5 Å². The first-order valence-electron chi connectivity index (χ1n) is 5.06. The first kappa shape index (κ1) is 9.92. The average molecular weight is 205 g/mol. The Morgan fingerprint density at radius 3 is 3.13 bits per heavy atom. The zero-order chi connectivity index (χ0) is 10.5. The van der Waals surface area contributed by atoms with E-state index in [2.05, 4.69) is 32.4 Å². The predicted octanol–water partition coefficient (Wildman–Crippen LogP) is 1.03. The van der Waals surface area contributed by atoms with Gasteiger partial charge >= 0.3 is 0 Å². The second-order valence-corrected chi connectivity index (χ2v) is 3.51. The fraction of sp³-hybridized carbons (Fsp3) is 0.400. The van der Waals surface area contributed by atoms with Crippen molar-refractivity contribution in [1.82, 2.24) is 25.5 Å². The molecule has 0 aliphatic carbocycles. The average Bonchev–Trinajstić information content (AvgIpc) is 2.90. The molecular formula is C10H15N5. The third-order valence-electron chi connectivity index (χ3n) is 2.39. The molecule has 0 aliphatic heterocycles. The van der Waals surface area contributed by atoms with Gasteiger partial charge in [-0.2, -0.15) is 5.10 Å². The highest BCUT2D eigenvalue weighted by molar-refractivity contribution is 5.03. The van der Waals surface area contributed by atoms with Crippen LogP contribution in [0.15, 0.2) is 24.8 Å². The number of aromatic amines is 2. The molecule has 2 rings (SSSR count). The van der Waals surface area contributed by atoms with Crippen LogP contribution in [0.2, 0.25) is 0 Å². The molecule has 0 saturated heterocycles. The van der Waals surface area contributed by atoms with Crippen LogP contribution in [0.3, 0.4) is 0 Å². The van der Waals surface area contributed by atoms with Gasteiger partial charge in [-0.25, -0.2) is 4.98 Å². The Morgan fingerprint density at radius 2 is 2.47 bits per heavy atom. The zero-order valence-electron chi connectivity index (χ0n) is 8.70. The lowest BCUT2D eigenvalue weighted by Gasteiger charge is -2.10. The molecule has 0 radical (unpaired) electrons. The summed E-state index contributed by atoms with van der Waals surface area (Å²) < 4.78 is 0. The number of nitrogens with zero attached hydrogens (tertiary/aromatic N) is 2. The maximum absolute atomic E-state index is 3.97. The van der Waals surface area contributed by atoms with Crippen molar-refractivity contribution in [3.8, 4) is 0 Å². The van der Waals surface area contributed by atoms with Crippen molar-refractivity contribution in [2.24, 2.45) is 0 Å². The number of hydrogen-bond donors (Lipinski definition) is 3. The summed E-state index contributed by atoms with van der Waals surface area (Å²) in [4.78, 5) is 7.04. The number of hydrogen-bond acceptors (Lipinski definition) is 3. The molecule has 2 aromatic rings. The van der Waals surface area contributed by atoms with Gasteiger partial charge < -0.3 is 10.3 Å². The largest absolute Gasteiger partial charge is 0.348 e. The normalized spacial score (nSPS) is 12.9. The fourth-order valence-corrected chi connectivity index (χ4v) is 1.46. The van der Waals surface area contributed by atoms with E-state index in [1.807, 2.05) is 12.3 Å². The molecular weight excluding hydrogens is 190 g/mol. The summed E-state index contributed by atoms with van der Waals surface area (Å²) in [6.07, 6.45) is 6.27. The number of aromatic nitrogens is 4. The van der Waals surface area contributed by atoms with E-state index in [0.717, 1.165) is 24.4 Å². The van der Waals surface area contributed by atoms with Crippen molar-refractivity contribution in [2.75, 3.05) is 6.54 Å². The van der Waals surface area contributed by atoms with E-state index < -0.39 is 0 Å². The van der Waals surface area contributed by atoms with Gasteiger partial charge in [-0.05, 0) is 13.0 Å². The summed E-state index contributed by atoms with van der Waals surface area (Å²) in [6, 6.07) is 2.28. The topological polar surface area (TPSA) is 69.4 Å². The molecule has 0 bridgehead atoms. The fourth-order valence-electron chi connectivity index (χ4n) is 1.46. The van der Waals surface area contributed by atoms with Gasteiger partial charge in [0.15, 0.2) is 0 Å². The summed E-state index contributed by atoms with van der Waals surface area (Å²) in [5.41, 5.74) is 2.26. The van der Waals surface area contributed by atoms with Gasteiger partial charge in [-0.1, -0.05) is 0 Å². The van der Waals surface area contributed by atoms with Crippen molar-refractivity contribution in [2.45, 2.75) is 19.4 Å². The van der Waals surface area contributed by atoms with E-state index >= 15 is 0 Å². The lowest BCUT2D eigenvalue weighted by molar-refractivity contribution is 0.560. The van der Waals surface area contributed by atoms with Crippen molar-refractivity contribution >= 4 is 0 Å². The second-order valence-electron chi connectivity index (χ2n) is 3.51. The molecule has 5 nitrogen and oxygen atoms in total. The first-order valence-corrected chi connectivity index (χ1v) is 5.06. The van der Waals surface area contributed by atoms with Gasteiger partial charge in [0, 0.05) is 37.1 Å². The lowest BCUT2D eigenvalue weighted by Crippen LogP contribution is -2.21. The minimum atomic E-state index is 0.301. The van der Waals surface area contributed by atoms with Crippen LogP contribution in [-0.2, 0) is 6.42 Å². The molecule has 3 N–H and O–H groups in total. The molecule has 15 heavy (non-hydrogen) atoms. The highest BCUT2D eigenvalue weighted by atomic mass is 15.1. The molecule has 2 heterocycles. The van der Waals surface area contributed by atoms with Crippen molar-refractivity contribution in [3.05, 3.63) is 36.2 Å². The highest BCUT2D eigenvalue weighted by Crippen LogP contribution is 2.06. The van der Waals surface area contributed by atoms with Crippen LogP contribution in [0.25, 0.3) is 0 Å². The molecule has 80 valence electrons. The number of nitrogens with one attached hydrogen (secondary N) is 3. The Bertz CT molecular complexity index is 364. The van der Waals surface area contributed by atoms with Gasteiger partial charge in [0.05, 0.1) is 12.0 Å². The molecule has 0 spiro atoms. The molecule has 0 aromatic carbocycles. The summed E-state index contributed by atoms with van der Waals surface area (Å²) in [7, 11) is 0. The van der Waals surface area contributed by atoms with Crippen LogP contribution in [0.1, 0.15) is 24.4 Å². The molecule has 0 amide bonds. The zero-order valence-corrected chi connectivity index (χ0v) is 8.70. The van der Waals surface area contributed by atoms with E-state index in [-0.39, 0.29) is 0 Å². The van der Waals surface area contributed by atoms with Gasteiger partial charge in [0.1, 0.15) is 0 Å². The molecule has 0 aliphatic rings. The van der Waals surface area contributed by atoms with E-state index in [1.165, 1.54) is 0 Å². The Hall–Kier alpha value is -1.62. The summed E-state index contributed by atoms with van der Waals surface area (Å²) in [6.45, 7) is 3.03. The van der Waals surface area contributed by atoms with Crippen LogP contribution in [0.4, 0.5) is 0 Å². The van der Waals surface area contributed by atoms with Gasteiger partial charge in [0.2, 0.25) is 0 Å². The lowest BCUT2D eigenvalue weighted by atomic mass is 10.2.